The van der Waals surface area contributed by atoms with Crippen LogP contribution in [0.15, 0.2) is 36.5 Å². The molecule has 0 radical (unpaired) electrons. The third kappa shape index (κ3) is 1.66. The molecule has 0 bridgehead atoms. The number of hydrogen-bond donors (Lipinski definition) is 1. The Morgan fingerprint density at radius 1 is 1.29 bits per heavy atom. The smallest absolute Gasteiger partial charge is 0.254 e. The first-order chi connectivity index (χ1) is 8.25. The normalized spacial score (nSPS) is 15.9. The molecule has 0 aliphatic carbocycles. The van der Waals surface area contributed by atoms with E-state index in [0.717, 1.165) is 10.9 Å². The van der Waals surface area contributed by atoms with E-state index in [-0.39, 0.29) is 12.0 Å². The molecule has 3 rings (SSSR count). The molecule has 1 fully saturated rings. The van der Waals surface area contributed by atoms with Crippen molar-refractivity contribution in [3.05, 3.63) is 42.1 Å². The molecule has 1 amide bonds. The van der Waals surface area contributed by atoms with E-state index in [9.17, 15) is 9.90 Å². The molecule has 86 valence electrons. The predicted octanol–water partition coefficient (Wildman–Crippen LogP) is 1.05. The molecule has 4 nitrogen and oxygen atoms in total. The summed E-state index contributed by atoms with van der Waals surface area (Å²) < 4.78 is 0. The maximum Gasteiger partial charge on any atom is 0.254 e. The molecule has 1 aromatic carbocycles. The van der Waals surface area contributed by atoms with Crippen LogP contribution in [-0.4, -0.2) is 40.1 Å². The van der Waals surface area contributed by atoms with E-state index >= 15 is 0 Å². The third-order valence-corrected chi connectivity index (χ3v) is 3.03. The van der Waals surface area contributed by atoms with Crippen molar-refractivity contribution in [2.24, 2.45) is 0 Å². The van der Waals surface area contributed by atoms with Gasteiger partial charge in [-0.15, -0.1) is 0 Å². The van der Waals surface area contributed by atoms with Gasteiger partial charge in [0.2, 0.25) is 0 Å². The lowest BCUT2D eigenvalue weighted by molar-refractivity contribution is 0.00602. The summed E-state index contributed by atoms with van der Waals surface area (Å²) in [6, 6.07) is 9.31. The molecule has 0 atom stereocenters. The van der Waals surface area contributed by atoms with Crippen LogP contribution in [0.2, 0.25) is 0 Å². The van der Waals surface area contributed by atoms with E-state index in [2.05, 4.69) is 4.98 Å². The second-order valence-electron chi connectivity index (χ2n) is 4.24. The van der Waals surface area contributed by atoms with E-state index in [1.807, 2.05) is 24.3 Å². The molecule has 1 aromatic heterocycles. The zero-order valence-corrected chi connectivity index (χ0v) is 9.21. The Bertz CT molecular complexity index is 571. The van der Waals surface area contributed by atoms with Crippen molar-refractivity contribution in [2.45, 2.75) is 6.10 Å². The van der Waals surface area contributed by atoms with Crippen molar-refractivity contribution in [2.75, 3.05) is 13.1 Å². The number of likely N-dealkylation sites (tertiary alicyclic amines) is 1. The predicted molar refractivity (Wildman–Crippen MR) is 63.7 cm³/mol. The van der Waals surface area contributed by atoms with Gasteiger partial charge in [0.1, 0.15) is 0 Å². The van der Waals surface area contributed by atoms with Crippen LogP contribution in [0.4, 0.5) is 0 Å². The van der Waals surface area contributed by atoms with Crippen molar-refractivity contribution in [1.82, 2.24) is 9.88 Å². The number of fused-ring (bicyclic) bond motifs is 1. The summed E-state index contributed by atoms with van der Waals surface area (Å²) in [7, 11) is 0. The summed E-state index contributed by atoms with van der Waals surface area (Å²) in [5, 5.41) is 10.1. The lowest BCUT2D eigenvalue weighted by Gasteiger charge is -2.36. The van der Waals surface area contributed by atoms with Crippen LogP contribution in [0.3, 0.4) is 0 Å². The van der Waals surface area contributed by atoms with E-state index < -0.39 is 0 Å². The lowest BCUT2D eigenvalue weighted by atomic mass is 10.1. The minimum atomic E-state index is -0.368. The number of aromatic nitrogens is 1. The quantitative estimate of drug-likeness (QED) is 0.793. The first-order valence-corrected chi connectivity index (χ1v) is 5.57. The summed E-state index contributed by atoms with van der Waals surface area (Å²) >= 11 is 0. The molecule has 1 aliphatic heterocycles. The van der Waals surface area contributed by atoms with E-state index in [4.69, 9.17) is 0 Å². The lowest BCUT2D eigenvalue weighted by Crippen LogP contribution is -2.53. The minimum Gasteiger partial charge on any atom is -0.389 e. The Balaban J connectivity index is 2.02. The Labute approximate surface area is 98.5 Å². The number of para-hydroxylation sites is 1. The number of nitrogens with zero attached hydrogens (tertiary/aromatic N) is 2. The van der Waals surface area contributed by atoms with Gasteiger partial charge >= 0.3 is 0 Å². The zero-order valence-electron chi connectivity index (χ0n) is 9.21. The zero-order chi connectivity index (χ0) is 11.8. The van der Waals surface area contributed by atoms with Crippen molar-refractivity contribution in [3.8, 4) is 0 Å². The number of carbonyl (C=O) groups excluding carboxylic acids is 1. The second-order valence-corrected chi connectivity index (χ2v) is 4.24. The minimum absolute atomic E-state index is 0.0334. The maximum absolute atomic E-state index is 12.2. The average Bonchev–Trinajstić information content (AvgIpc) is 2.33. The van der Waals surface area contributed by atoms with Crippen molar-refractivity contribution < 1.29 is 9.90 Å². The Morgan fingerprint density at radius 3 is 2.82 bits per heavy atom. The summed E-state index contributed by atoms with van der Waals surface area (Å²) in [5.41, 5.74) is 1.47. The number of aliphatic hydroxyl groups excluding tert-OH is 1. The molecule has 1 aliphatic rings. The third-order valence-electron chi connectivity index (χ3n) is 3.03. The first-order valence-electron chi connectivity index (χ1n) is 5.57. The van der Waals surface area contributed by atoms with Crippen LogP contribution in [0, 0.1) is 0 Å². The maximum atomic E-state index is 12.2. The molecule has 17 heavy (non-hydrogen) atoms. The number of aliphatic hydroxyl groups is 1. The van der Waals surface area contributed by atoms with Gasteiger partial charge < -0.3 is 10.0 Å². The van der Waals surface area contributed by atoms with Gasteiger partial charge in [-0.05, 0) is 12.1 Å². The Kier molecular flexibility index (Phi) is 2.30. The van der Waals surface area contributed by atoms with Gasteiger partial charge in [-0.3, -0.25) is 9.78 Å². The molecule has 0 saturated carbocycles. The summed E-state index contributed by atoms with van der Waals surface area (Å²) in [6.07, 6.45) is 1.28. The standard InChI is InChI=1S/C13H12N2O2/c16-9-7-15(8-9)13(17)11-5-6-14-12-4-2-1-3-10(11)12/h1-6,9,16H,7-8H2. The molecule has 1 N–H and O–H groups in total. The van der Waals surface area contributed by atoms with Crippen LogP contribution in [0.1, 0.15) is 10.4 Å². The van der Waals surface area contributed by atoms with Crippen molar-refractivity contribution >= 4 is 16.8 Å². The summed E-state index contributed by atoms with van der Waals surface area (Å²) in [6.45, 7) is 0.852. The molecule has 0 spiro atoms. The summed E-state index contributed by atoms with van der Waals surface area (Å²) in [5.74, 6) is -0.0334. The van der Waals surface area contributed by atoms with Gasteiger partial charge in [0, 0.05) is 24.7 Å². The molecule has 2 heterocycles. The highest BCUT2D eigenvalue weighted by molar-refractivity contribution is 6.06. The van der Waals surface area contributed by atoms with Gasteiger partial charge in [-0.2, -0.15) is 0 Å². The number of carbonyl (C=O) groups is 1. The van der Waals surface area contributed by atoms with E-state index in [1.54, 1.807) is 17.2 Å². The van der Waals surface area contributed by atoms with Crippen LogP contribution >= 0.6 is 0 Å². The van der Waals surface area contributed by atoms with Crippen LogP contribution in [0.5, 0.6) is 0 Å². The number of β-amino-alcohol motifs (C(OH)–C–C–N with tert-alkyl or cyclic N) is 1. The molecular weight excluding hydrogens is 216 g/mol. The van der Waals surface area contributed by atoms with Crippen LogP contribution in [-0.2, 0) is 0 Å². The molecule has 2 aromatic rings. The van der Waals surface area contributed by atoms with Gasteiger partial charge in [0.15, 0.2) is 0 Å². The van der Waals surface area contributed by atoms with E-state index in [0.29, 0.717) is 18.7 Å². The highest BCUT2D eigenvalue weighted by Gasteiger charge is 2.30. The number of hydrogen-bond acceptors (Lipinski definition) is 3. The number of rotatable bonds is 1. The first kappa shape index (κ1) is 10.2. The number of amides is 1. The number of pyridine rings is 1. The summed E-state index contributed by atoms with van der Waals surface area (Å²) in [4.78, 5) is 18.0. The molecule has 4 heteroatoms. The fourth-order valence-corrected chi connectivity index (χ4v) is 2.07. The molecular formula is C13H12N2O2. The van der Waals surface area contributed by atoms with Crippen LogP contribution < -0.4 is 0 Å². The highest BCUT2D eigenvalue weighted by Crippen LogP contribution is 2.20. The highest BCUT2D eigenvalue weighted by atomic mass is 16.3. The van der Waals surface area contributed by atoms with Crippen molar-refractivity contribution in [1.29, 1.82) is 0 Å². The average molecular weight is 228 g/mol. The van der Waals surface area contributed by atoms with E-state index in [1.165, 1.54) is 0 Å². The second kappa shape index (κ2) is 3.82. The van der Waals surface area contributed by atoms with Gasteiger partial charge in [-0.1, -0.05) is 18.2 Å². The van der Waals surface area contributed by atoms with Crippen molar-refractivity contribution in [3.63, 3.8) is 0 Å². The molecule has 0 unspecified atom stereocenters. The monoisotopic (exact) mass is 228 g/mol. The fourth-order valence-electron chi connectivity index (χ4n) is 2.07. The fraction of sp³-hybridized carbons (Fsp3) is 0.231. The largest absolute Gasteiger partial charge is 0.389 e. The van der Waals surface area contributed by atoms with Gasteiger partial charge in [0.05, 0.1) is 17.2 Å². The topological polar surface area (TPSA) is 53.4 Å². The Hall–Kier alpha value is -1.94. The molecule has 1 saturated heterocycles. The van der Waals surface area contributed by atoms with Gasteiger partial charge in [-0.25, -0.2) is 0 Å². The SMILES string of the molecule is O=C(c1ccnc2ccccc12)N1CC(O)C1. The van der Waals surface area contributed by atoms with Crippen LogP contribution in [0.25, 0.3) is 10.9 Å². The van der Waals surface area contributed by atoms with Gasteiger partial charge in [0.25, 0.3) is 5.91 Å². The Morgan fingerprint density at radius 2 is 2.06 bits per heavy atom. The number of benzene rings is 1.